The van der Waals surface area contributed by atoms with E-state index in [4.69, 9.17) is 10.0 Å². The van der Waals surface area contributed by atoms with E-state index in [1.807, 2.05) is 6.07 Å². The zero-order valence-corrected chi connectivity index (χ0v) is 10.6. The molecule has 0 atom stereocenters. The summed E-state index contributed by atoms with van der Waals surface area (Å²) in [6.07, 6.45) is 0. The van der Waals surface area contributed by atoms with Crippen LogP contribution in [0.25, 0.3) is 0 Å². The van der Waals surface area contributed by atoms with Crippen LogP contribution < -0.4 is 15.7 Å². The predicted molar refractivity (Wildman–Crippen MR) is 71.1 cm³/mol. The minimum atomic E-state index is -1.44. The number of pyridine rings is 1. The van der Waals surface area contributed by atoms with Crippen molar-refractivity contribution in [2.45, 2.75) is 6.92 Å². The van der Waals surface area contributed by atoms with E-state index in [1.54, 1.807) is 13.0 Å². The van der Waals surface area contributed by atoms with Crippen LogP contribution in [-0.4, -0.2) is 48.3 Å². The fraction of sp³-hybridized carbons (Fsp3) is 0.500. The summed E-state index contributed by atoms with van der Waals surface area (Å²) in [5.74, 6) is 0.906. The van der Waals surface area contributed by atoms with Gasteiger partial charge in [0.15, 0.2) is 0 Å². The number of anilines is 1. The summed E-state index contributed by atoms with van der Waals surface area (Å²) in [7, 11) is -1.44. The molecule has 17 heavy (non-hydrogen) atoms. The number of hydrogen-bond acceptors (Lipinski definition) is 5. The molecular formula is C10H17BClN3O2. The van der Waals surface area contributed by atoms with Crippen molar-refractivity contribution in [3.63, 3.8) is 0 Å². The Balaban J connectivity index is 0.00000144. The molecule has 2 rings (SSSR count). The topological polar surface area (TPSA) is 68.6 Å². The summed E-state index contributed by atoms with van der Waals surface area (Å²) in [5, 5.41) is 21.5. The van der Waals surface area contributed by atoms with Gasteiger partial charge in [0, 0.05) is 37.3 Å². The summed E-state index contributed by atoms with van der Waals surface area (Å²) >= 11 is 0. The van der Waals surface area contributed by atoms with Crippen molar-refractivity contribution in [1.29, 1.82) is 0 Å². The molecule has 3 N–H and O–H groups in total. The van der Waals surface area contributed by atoms with E-state index in [9.17, 15) is 0 Å². The number of rotatable bonds is 2. The van der Waals surface area contributed by atoms with E-state index in [0.29, 0.717) is 11.2 Å². The Hall–Kier alpha value is -0.815. The quantitative estimate of drug-likeness (QED) is 0.587. The van der Waals surface area contributed by atoms with E-state index < -0.39 is 7.12 Å². The van der Waals surface area contributed by atoms with Crippen molar-refractivity contribution in [1.82, 2.24) is 10.3 Å². The molecule has 1 aromatic heterocycles. The van der Waals surface area contributed by atoms with Crippen LogP contribution in [0.1, 0.15) is 5.69 Å². The fourth-order valence-electron chi connectivity index (χ4n) is 1.90. The number of hydrogen-bond donors (Lipinski definition) is 3. The average Bonchev–Trinajstić information content (AvgIpc) is 2.29. The highest BCUT2D eigenvalue weighted by Gasteiger charge is 2.17. The van der Waals surface area contributed by atoms with E-state index in [0.717, 1.165) is 32.0 Å². The Morgan fingerprint density at radius 1 is 1.29 bits per heavy atom. The summed E-state index contributed by atoms with van der Waals surface area (Å²) < 4.78 is 0. The standard InChI is InChI=1S/C10H16BN3O2.ClH/c1-8-9(11(15)16)2-3-10(13-8)14-6-4-12-5-7-14;/h2-3,12,15-16H,4-7H2,1H3;1H. The van der Waals surface area contributed by atoms with Crippen molar-refractivity contribution in [2.75, 3.05) is 31.1 Å². The fourth-order valence-corrected chi connectivity index (χ4v) is 1.90. The second-order valence-electron chi connectivity index (χ2n) is 3.95. The summed E-state index contributed by atoms with van der Waals surface area (Å²) in [4.78, 5) is 6.59. The first kappa shape index (κ1) is 14.2. The molecular weight excluding hydrogens is 240 g/mol. The number of aryl methyl sites for hydroxylation is 1. The lowest BCUT2D eigenvalue weighted by Crippen LogP contribution is -2.44. The molecule has 0 unspecified atom stereocenters. The van der Waals surface area contributed by atoms with Crippen LogP contribution in [0.3, 0.4) is 0 Å². The average molecular weight is 258 g/mol. The first-order chi connectivity index (χ1) is 7.68. The van der Waals surface area contributed by atoms with Gasteiger partial charge in [-0.25, -0.2) is 4.98 Å². The Labute approximate surface area is 107 Å². The van der Waals surface area contributed by atoms with Crippen molar-refractivity contribution >= 4 is 30.8 Å². The smallest absolute Gasteiger partial charge is 0.423 e. The van der Waals surface area contributed by atoms with Gasteiger partial charge in [-0.2, -0.15) is 0 Å². The molecule has 2 heterocycles. The SMILES string of the molecule is Cc1nc(N2CCNCC2)ccc1B(O)O.Cl. The minimum Gasteiger partial charge on any atom is -0.423 e. The zero-order valence-electron chi connectivity index (χ0n) is 9.76. The Morgan fingerprint density at radius 3 is 2.47 bits per heavy atom. The largest absolute Gasteiger partial charge is 0.490 e. The van der Waals surface area contributed by atoms with Crippen molar-refractivity contribution < 1.29 is 10.0 Å². The maximum Gasteiger partial charge on any atom is 0.490 e. The summed E-state index contributed by atoms with van der Waals surface area (Å²) in [6, 6.07) is 3.57. The lowest BCUT2D eigenvalue weighted by atomic mass is 9.79. The van der Waals surface area contributed by atoms with Crippen LogP contribution >= 0.6 is 12.4 Å². The highest BCUT2D eigenvalue weighted by molar-refractivity contribution is 6.59. The van der Waals surface area contributed by atoms with Gasteiger partial charge >= 0.3 is 7.12 Å². The Kier molecular flexibility index (Phi) is 5.20. The van der Waals surface area contributed by atoms with Gasteiger partial charge < -0.3 is 20.3 Å². The van der Waals surface area contributed by atoms with Gasteiger partial charge in [0.05, 0.1) is 0 Å². The number of halogens is 1. The molecule has 0 aliphatic carbocycles. The Morgan fingerprint density at radius 2 is 1.94 bits per heavy atom. The third-order valence-corrected chi connectivity index (χ3v) is 2.83. The molecule has 0 amide bonds. The van der Waals surface area contributed by atoms with Gasteiger partial charge in [0.2, 0.25) is 0 Å². The van der Waals surface area contributed by atoms with Crippen LogP contribution in [0.5, 0.6) is 0 Å². The second kappa shape index (κ2) is 6.21. The number of piperazine rings is 1. The molecule has 1 aliphatic heterocycles. The van der Waals surface area contributed by atoms with Crippen molar-refractivity contribution in [3.8, 4) is 0 Å². The first-order valence-electron chi connectivity index (χ1n) is 5.48. The minimum absolute atomic E-state index is 0. The van der Waals surface area contributed by atoms with Crippen LogP contribution in [-0.2, 0) is 0 Å². The monoisotopic (exact) mass is 257 g/mol. The highest BCUT2D eigenvalue weighted by Crippen LogP contribution is 2.10. The molecule has 1 aliphatic rings. The third-order valence-electron chi connectivity index (χ3n) is 2.83. The molecule has 94 valence electrons. The van der Waals surface area contributed by atoms with Crippen LogP contribution in [0.4, 0.5) is 5.82 Å². The molecule has 0 spiro atoms. The maximum atomic E-state index is 9.10. The van der Waals surface area contributed by atoms with Gasteiger partial charge in [0.1, 0.15) is 5.82 Å². The Bertz CT molecular complexity index is 373. The molecule has 0 saturated carbocycles. The molecule has 1 saturated heterocycles. The molecule has 7 heteroatoms. The molecule has 1 fully saturated rings. The van der Waals surface area contributed by atoms with Crippen LogP contribution in [0.15, 0.2) is 12.1 Å². The highest BCUT2D eigenvalue weighted by atomic mass is 35.5. The molecule has 0 aromatic carbocycles. The van der Waals surface area contributed by atoms with Crippen molar-refractivity contribution in [2.24, 2.45) is 0 Å². The van der Waals surface area contributed by atoms with E-state index in [2.05, 4.69) is 15.2 Å². The second-order valence-corrected chi connectivity index (χ2v) is 3.95. The van der Waals surface area contributed by atoms with E-state index in [1.165, 1.54) is 0 Å². The van der Waals surface area contributed by atoms with E-state index in [-0.39, 0.29) is 12.4 Å². The van der Waals surface area contributed by atoms with Crippen molar-refractivity contribution in [3.05, 3.63) is 17.8 Å². The maximum absolute atomic E-state index is 9.10. The number of aromatic nitrogens is 1. The normalized spacial score (nSPS) is 15.4. The molecule has 1 aromatic rings. The van der Waals surface area contributed by atoms with E-state index >= 15 is 0 Å². The molecule has 5 nitrogen and oxygen atoms in total. The number of nitrogens with one attached hydrogen (secondary N) is 1. The lowest BCUT2D eigenvalue weighted by Gasteiger charge is -2.28. The molecule has 0 radical (unpaired) electrons. The summed E-state index contributed by atoms with van der Waals surface area (Å²) in [6.45, 7) is 5.59. The zero-order chi connectivity index (χ0) is 11.5. The molecule has 0 bridgehead atoms. The van der Waals surface area contributed by atoms with Crippen LogP contribution in [0, 0.1) is 6.92 Å². The van der Waals surface area contributed by atoms with Gasteiger partial charge in [0.25, 0.3) is 0 Å². The lowest BCUT2D eigenvalue weighted by molar-refractivity contribution is 0.425. The first-order valence-corrected chi connectivity index (χ1v) is 5.48. The van der Waals surface area contributed by atoms with Gasteiger partial charge in [-0.1, -0.05) is 6.07 Å². The third kappa shape index (κ3) is 3.32. The van der Waals surface area contributed by atoms with Gasteiger partial charge in [-0.15, -0.1) is 12.4 Å². The van der Waals surface area contributed by atoms with Gasteiger partial charge in [-0.3, -0.25) is 0 Å². The number of nitrogens with zero attached hydrogens (tertiary/aromatic N) is 2. The predicted octanol–water partition coefficient (Wildman–Crippen LogP) is -1.10. The van der Waals surface area contributed by atoms with Crippen LogP contribution in [0.2, 0.25) is 0 Å². The van der Waals surface area contributed by atoms with Gasteiger partial charge in [-0.05, 0) is 13.0 Å². The summed E-state index contributed by atoms with van der Waals surface area (Å²) in [5.41, 5.74) is 1.14.